The van der Waals surface area contributed by atoms with Gasteiger partial charge in [-0.3, -0.25) is 14.3 Å². The van der Waals surface area contributed by atoms with Gasteiger partial charge in [-0.05, 0) is 54.9 Å². The van der Waals surface area contributed by atoms with Gasteiger partial charge >= 0.3 is 0 Å². The second-order valence-electron chi connectivity index (χ2n) is 11.7. The minimum absolute atomic E-state index is 0.0480. The van der Waals surface area contributed by atoms with E-state index in [0.29, 0.717) is 75.2 Å². The fraction of sp³-hybridized carbons (Fsp3) is 0.455. The van der Waals surface area contributed by atoms with Crippen LogP contribution in [0.15, 0.2) is 59.7 Å². The van der Waals surface area contributed by atoms with E-state index in [1.807, 2.05) is 57.6 Å². The minimum Gasteiger partial charge on any atom is -0.389 e. The van der Waals surface area contributed by atoms with E-state index in [-0.39, 0.29) is 11.6 Å². The highest BCUT2D eigenvalue weighted by molar-refractivity contribution is 5.71. The van der Waals surface area contributed by atoms with Crippen LogP contribution in [0.4, 0.5) is 0 Å². The fourth-order valence-electron chi connectivity index (χ4n) is 6.68. The number of aliphatic hydroxyl groups is 1. The van der Waals surface area contributed by atoms with E-state index in [4.69, 9.17) is 4.74 Å². The van der Waals surface area contributed by atoms with Gasteiger partial charge in [0.1, 0.15) is 6.33 Å². The van der Waals surface area contributed by atoms with Crippen molar-refractivity contribution in [2.75, 3.05) is 32.8 Å². The Kier molecular flexibility index (Phi) is 8.20. The zero-order valence-corrected chi connectivity index (χ0v) is 24.2. The Morgan fingerprint density at radius 1 is 1.12 bits per heavy atom. The van der Waals surface area contributed by atoms with Gasteiger partial charge in [-0.2, -0.15) is 15.3 Å². The Hall–Kier alpha value is -3.84. The van der Waals surface area contributed by atoms with Crippen molar-refractivity contribution in [3.8, 4) is 17.2 Å². The lowest BCUT2D eigenvalue weighted by atomic mass is 9.81. The van der Waals surface area contributed by atoms with Crippen molar-refractivity contribution in [3.63, 3.8) is 0 Å². The summed E-state index contributed by atoms with van der Waals surface area (Å²) in [6.07, 6.45) is 6.12. The summed E-state index contributed by atoms with van der Waals surface area (Å²) in [5, 5.41) is 25.9. The standard InChI is InChI=1S/C33H38N6O3/c1-2-6-30-29(20-24-9-10-28(26(19-24)21-34)25-7-4-3-5-8-25)31(40)38(32-35-23-36-39(30)32)27-11-13-33(41,14-12-27)22-37-15-17-42-18-16-37/h3-5,7-10,19,23,27,41H,2,6,11-18,20,22H2,1H3. The van der Waals surface area contributed by atoms with E-state index in [0.717, 1.165) is 41.9 Å². The minimum atomic E-state index is -0.763. The lowest BCUT2D eigenvalue weighted by molar-refractivity contribution is -0.0569. The molecule has 0 unspecified atom stereocenters. The van der Waals surface area contributed by atoms with E-state index < -0.39 is 5.60 Å². The van der Waals surface area contributed by atoms with Gasteiger partial charge in [0.25, 0.3) is 5.56 Å². The zero-order chi connectivity index (χ0) is 29.1. The average molecular weight is 567 g/mol. The molecule has 0 spiro atoms. The second kappa shape index (κ2) is 12.2. The van der Waals surface area contributed by atoms with Crippen LogP contribution in [0, 0.1) is 11.3 Å². The molecule has 0 radical (unpaired) electrons. The molecule has 42 heavy (non-hydrogen) atoms. The molecule has 0 bridgehead atoms. The van der Waals surface area contributed by atoms with Crippen molar-refractivity contribution in [1.82, 2.24) is 24.1 Å². The smallest absolute Gasteiger partial charge is 0.259 e. The summed E-state index contributed by atoms with van der Waals surface area (Å²) < 4.78 is 9.12. The van der Waals surface area contributed by atoms with Crippen LogP contribution in [-0.4, -0.2) is 67.6 Å². The average Bonchev–Trinajstić information content (AvgIpc) is 3.50. The second-order valence-corrected chi connectivity index (χ2v) is 11.7. The van der Waals surface area contributed by atoms with Gasteiger partial charge < -0.3 is 9.84 Å². The van der Waals surface area contributed by atoms with Crippen molar-refractivity contribution >= 4 is 5.78 Å². The number of fused-ring (bicyclic) bond motifs is 1. The summed E-state index contributed by atoms with van der Waals surface area (Å²) in [6.45, 7) is 5.82. The van der Waals surface area contributed by atoms with Gasteiger partial charge in [0, 0.05) is 37.7 Å². The highest BCUT2D eigenvalue weighted by Gasteiger charge is 2.37. The van der Waals surface area contributed by atoms with Crippen molar-refractivity contribution < 1.29 is 9.84 Å². The molecule has 1 saturated carbocycles. The summed E-state index contributed by atoms with van der Waals surface area (Å²) in [6, 6.07) is 18.1. The van der Waals surface area contributed by atoms with Crippen molar-refractivity contribution in [1.29, 1.82) is 5.26 Å². The molecule has 1 saturated heterocycles. The first-order valence-electron chi connectivity index (χ1n) is 15.1. The number of nitrogens with zero attached hydrogens (tertiary/aromatic N) is 6. The van der Waals surface area contributed by atoms with Crippen LogP contribution in [0.25, 0.3) is 16.9 Å². The van der Waals surface area contributed by atoms with Crippen molar-refractivity contribution in [2.45, 2.75) is 63.5 Å². The predicted molar refractivity (Wildman–Crippen MR) is 160 cm³/mol. The number of nitriles is 1. The van der Waals surface area contributed by atoms with E-state index in [9.17, 15) is 15.2 Å². The monoisotopic (exact) mass is 566 g/mol. The molecule has 2 aromatic heterocycles. The summed E-state index contributed by atoms with van der Waals surface area (Å²) in [5.74, 6) is 0.563. The number of morpholine rings is 1. The molecule has 1 aliphatic heterocycles. The Morgan fingerprint density at radius 3 is 2.60 bits per heavy atom. The molecule has 0 atom stereocenters. The van der Waals surface area contributed by atoms with Crippen LogP contribution in [0.5, 0.6) is 0 Å². The number of hydrogen-bond donors (Lipinski definition) is 1. The molecule has 1 N–H and O–H groups in total. The highest BCUT2D eigenvalue weighted by Crippen LogP contribution is 2.36. The maximum Gasteiger partial charge on any atom is 0.259 e. The molecule has 3 heterocycles. The molecule has 9 heteroatoms. The molecule has 1 aliphatic carbocycles. The van der Waals surface area contributed by atoms with E-state index in [1.54, 1.807) is 0 Å². The first-order valence-corrected chi connectivity index (χ1v) is 15.1. The number of rotatable bonds is 8. The largest absolute Gasteiger partial charge is 0.389 e. The Morgan fingerprint density at radius 2 is 1.88 bits per heavy atom. The van der Waals surface area contributed by atoms with Crippen molar-refractivity contribution in [3.05, 3.63) is 87.6 Å². The first kappa shape index (κ1) is 28.3. The van der Waals surface area contributed by atoms with Crippen LogP contribution in [-0.2, 0) is 17.6 Å². The summed E-state index contributed by atoms with van der Waals surface area (Å²) in [5.41, 5.74) is 4.13. The first-order chi connectivity index (χ1) is 20.5. The number of benzene rings is 2. The molecule has 6 rings (SSSR count). The number of β-amino-alcohol motifs (C(OH)–C–C–N with tert-alkyl or cyclic N) is 1. The van der Waals surface area contributed by atoms with Gasteiger partial charge in [0.05, 0.1) is 36.1 Å². The number of aromatic nitrogens is 4. The highest BCUT2D eigenvalue weighted by atomic mass is 16.5. The molecule has 218 valence electrons. The van der Waals surface area contributed by atoms with Gasteiger partial charge in [-0.1, -0.05) is 55.8 Å². The number of ether oxygens (including phenoxy) is 1. The van der Waals surface area contributed by atoms with Gasteiger partial charge in [-0.25, -0.2) is 4.52 Å². The number of hydrogen-bond acceptors (Lipinski definition) is 7. The Labute approximate surface area is 246 Å². The zero-order valence-electron chi connectivity index (χ0n) is 24.2. The maximum atomic E-state index is 14.3. The molecule has 2 aliphatic rings. The van der Waals surface area contributed by atoms with Gasteiger partial charge in [0.15, 0.2) is 0 Å². The van der Waals surface area contributed by atoms with Crippen LogP contribution < -0.4 is 5.56 Å². The molecular formula is C33H38N6O3. The van der Waals surface area contributed by atoms with Crippen LogP contribution >= 0.6 is 0 Å². The molecule has 2 aromatic carbocycles. The molecule has 0 amide bonds. The van der Waals surface area contributed by atoms with E-state index in [2.05, 4.69) is 28.0 Å². The van der Waals surface area contributed by atoms with Crippen LogP contribution in [0.2, 0.25) is 0 Å². The third-order valence-electron chi connectivity index (χ3n) is 8.86. The third kappa shape index (κ3) is 5.62. The number of aryl methyl sites for hydroxylation is 1. The lowest BCUT2D eigenvalue weighted by Gasteiger charge is -2.40. The Bertz CT molecular complexity index is 1640. The maximum absolute atomic E-state index is 14.3. The third-order valence-corrected chi connectivity index (χ3v) is 8.86. The molecule has 4 aromatic rings. The van der Waals surface area contributed by atoms with E-state index >= 15 is 0 Å². The Balaban J connectivity index is 1.33. The van der Waals surface area contributed by atoms with E-state index in [1.165, 1.54) is 6.33 Å². The normalized spacial score (nSPS) is 21.4. The predicted octanol–water partition coefficient (Wildman–Crippen LogP) is 4.15. The van der Waals surface area contributed by atoms with Crippen molar-refractivity contribution in [2.24, 2.45) is 0 Å². The summed E-state index contributed by atoms with van der Waals surface area (Å²) in [4.78, 5) is 21.1. The SMILES string of the molecule is CCCc1c(Cc2ccc(-c3ccccc3)c(C#N)c2)c(=O)n(C2CCC(O)(CN3CCOCC3)CC2)c2ncnn12. The fourth-order valence-corrected chi connectivity index (χ4v) is 6.68. The lowest BCUT2D eigenvalue weighted by Crippen LogP contribution is -2.49. The van der Waals surface area contributed by atoms with Crippen LogP contribution in [0.3, 0.4) is 0 Å². The molecular weight excluding hydrogens is 528 g/mol. The van der Waals surface area contributed by atoms with Crippen LogP contribution in [0.1, 0.15) is 67.5 Å². The van der Waals surface area contributed by atoms with Gasteiger partial charge in [0.2, 0.25) is 5.78 Å². The quantitative estimate of drug-likeness (QED) is 0.341. The molecule has 9 nitrogen and oxygen atoms in total. The van der Waals surface area contributed by atoms with Gasteiger partial charge in [-0.15, -0.1) is 0 Å². The topological polar surface area (TPSA) is 109 Å². The molecule has 2 fully saturated rings. The summed E-state index contributed by atoms with van der Waals surface area (Å²) in [7, 11) is 0. The summed E-state index contributed by atoms with van der Waals surface area (Å²) >= 11 is 0.